The third-order valence-electron chi connectivity index (χ3n) is 6.73. The van der Waals surface area contributed by atoms with Gasteiger partial charge in [-0.05, 0) is 45.6 Å². The average molecular weight is 515 g/mol. The minimum Gasteiger partial charge on any atom is -0.487 e. The summed E-state index contributed by atoms with van der Waals surface area (Å²) in [5.41, 5.74) is 4.39. The average Bonchev–Trinajstić information content (AvgIpc) is 3.26. The molecule has 1 aliphatic carbocycles. The van der Waals surface area contributed by atoms with E-state index in [1.54, 1.807) is 13.3 Å². The van der Waals surface area contributed by atoms with Crippen LogP contribution in [0.15, 0.2) is 66.9 Å². The summed E-state index contributed by atoms with van der Waals surface area (Å²) in [6.45, 7) is 6.51. The van der Waals surface area contributed by atoms with Crippen LogP contribution in [0.1, 0.15) is 45.6 Å². The number of amides is 1. The van der Waals surface area contributed by atoms with E-state index in [0.29, 0.717) is 24.6 Å². The van der Waals surface area contributed by atoms with Gasteiger partial charge >= 0.3 is 6.09 Å². The Morgan fingerprint density at radius 2 is 1.74 bits per heavy atom. The van der Waals surface area contributed by atoms with Crippen molar-refractivity contribution < 1.29 is 19.0 Å². The molecular weight excluding hydrogens is 480 g/mol. The van der Waals surface area contributed by atoms with Crippen molar-refractivity contribution in [1.29, 1.82) is 0 Å². The van der Waals surface area contributed by atoms with Gasteiger partial charge in [0, 0.05) is 24.3 Å². The van der Waals surface area contributed by atoms with Crippen LogP contribution in [-0.2, 0) is 15.0 Å². The number of rotatable bonds is 8. The van der Waals surface area contributed by atoms with Crippen molar-refractivity contribution in [2.24, 2.45) is 0 Å². The van der Waals surface area contributed by atoms with E-state index in [0.717, 1.165) is 47.3 Å². The molecule has 8 heteroatoms. The lowest BCUT2D eigenvalue weighted by Gasteiger charge is -2.43. The van der Waals surface area contributed by atoms with Gasteiger partial charge in [0.05, 0.1) is 24.0 Å². The summed E-state index contributed by atoms with van der Waals surface area (Å²) in [6.07, 6.45) is 4.14. The quantitative estimate of drug-likeness (QED) is 0.291. The summed E-state index contributed by atoms with van der Waals surface area (Å²) in [5.74, 6) is 0.645. The van der Waals surface area contributed by atoms with Crippen LogP contribution in [0.4, 0.5) is 4.79 Å². The zero-order valence-electron chi connectivity index (χ0n) is 22.4. The summed E-state index contributed by atoms with van der Waals surface area (Å²) >= 11 is 0. The monoisotopic (exact) mass is 514 g/mol. The Labute approximate surface area is 222 Å². The summed E-state index contributed by atoms with van der Waals surface area (Å²) in [5, 5.41) is 7.75. The van der Waals surface area contributed by atoms with Crippen LogP contribution in [0.2, 0.25) is 0 Å². The topological polar surface area (TPSA) is 87.0 Å². The number of nitrogens with zero attached hydrogens (tertiary/aromatic N) is 3. The Bertz CT molecular complexity index is 1400. The largest absolute Gasteiger partial charge is 0.487 e. The number of imidazole rings is 1. The molecule has 1 fully saturated rings. The molecule has 1 aliphatic rings. The normalized spacial score (nSPS) is 14.6. The highest BCUT2D eigenvalue weighted by atomic mass is 16.6. The fraction of sp³-hybridized carbons (Fsp3) is 0.367. The number of benzene rings is 2. The first-order chi connectivity index (χ1) is 18.3. The molecule has 38 heavy (non-hydrogen) atoms. The van der Waals surface area contributed by atoms with Gasteiger partial charge in [-0.2, -0.15) is 5.10 Å². The van der Waals surface area contributed by atoms with Crippen molar-refractivity contribution in [3.63, 3.8) is 0 Å². The number of ether oxygens (including phenoxy) is 3. The number of nitrogens with one attached hydrogen (secondary N) is 1. The lowest BCUT2D eigenvalue weighted by atomic mass is 9.71. The molecule has 198 valence electrons. The van der Waals surface area contributed by atoms with E-state index < -0.39 is 11.1 Å². The first-order valence-corrected chi connectivity index (χ1v) is 13.0. The fourth-order valence-corrected chi connectivity index (χ4v) is 4.79. The standard InChI is InChI=1S/C30H34N4O4/c1-29(2,3)38-28(35)33-30(16-8-17-30)23-13-11-21(12-14-23)25-26(22-9-6-5-7-10-22)34-27(32-25)24(15-18-31-34)37-20-19-36-4/h5-7,9-15,18H,8,16-17,19-20H2,1-4H3,(H,33,35). The number of methoxy groups -OCH3 is 1. The Balaban J connectivity index is 1.52. The smallest absolute Gasteiger partial charge is 0.408 e. The first-order valence-electron chi connectivity index (χ1n) is 13.0. The zero-order valence-corrected chi connectivity index (χ0v) is 22.4. The highest BCUT2D eigenvalue weighted by molar-refractivity contribution is 5.83. The maximum absolute atomic E-state index is 12.6. The number of fused-ring (bicyclic) bond motifs is 1. The van der Waals surface area contributed by atoms with Gasteiger partial charge in [-0.15, -0.1) is 0 Å². The van der Waals surface area contributed by atoms with Gasteiger partial charge in [0.25, 0.3) is 0 Å². The number of hydrogen-bond donors (Lipinski definition) is 1. The summed E-state index contributed by atoms with van der Waals surface area (Å²) in [7, 11) is 1.65. The third-order valence-corrected chi connectivity index (χ3v) is 6.73. The Morgan fingerprint density at radius 3 is 2.37 bits per heavy atom. The van der Waals surface area contributed by atoms with E-state index in [4.69, 9.17) is 19.2 Å². The highest BCUT2D eigenvalue weighted by Gasteiger charge is 2.41. The highest BCUT2D eigenvalue weighted by Crippen LogP contribution is 2.42. The molecule has 0 unspecified atom stereocenters. The molecule has 2 aromatic carbocycles. The van der Waals surface area contributed by atoms with Gasteiger partial charge in [-0.25, -0.2) is 14.3 Å². The number of aromatic nitrogens is 3. The van der Waals surface area contributed by atoms with Crippen LogP contribution in [0.25, 0.3) is 28.2 Å². The third kappa shape index (κ3) is 5.22. The second-order valence-electron chi connectivity index (χ2n) is 10.6. The maximum atomic E-state index is 12.6. The fourth-order valence-electron chi connectivity index (χ4n) is 4.79. The molecule has 2 aromatic heterocycles. The van der Waals surface area contributed by atoms with E-state index in [2.05, 4.69) is 46.8 Å². The SMILES string of the molecule is COCCOc1ccnn2c(-c3ccccc3)c(-c3ccc(C4(NC(=O)OC(C)(C)C)CCC4)cc3)nc12. The molecule has 1 N–H and O–H groups in total. The second-order valence-corrected chi connectivity index (χ2v) is 10.6. The minimum atomic E-state index is -0.546. The summed E-state index contributed by atoms with van der Waals surface area (Å²) in [6, 6.07) is 20.2. The van der Waals surface area contributed by atoms with Crippen LogP contribution in [-0.4, -0.2) is 46.6 Å². The predicted molar refractivity (Wildman–Crippen MR) is 146 cm³/mol. The van der Waals surface area contributed by atoms with Crippen LogP contribution in [0, 0.1) is 0 Å². The van der Waals surface area contributed by atoms with Crippen molar-refractivity contribution in [3.05, 3.63) is 72.4 Å². The molecular formula is C30H34N4O4. The number of alkyl carbamates (subject to hydrolysis) is 1. The predicted octanol–water partition coefficient (Wildman–Crippen LogP) is 5.99. The van der Waals surface area contributed by atoms with E-state index >= 15 is 0 Å². The van der Waals surface area contributed by atoms with Gasteiger partial charge in [-0.3, -0.25) is 0 Å². The van der Waals surface area contributed by atoms with E-state index in [9.17, 15) is 4.79 Å². The summed E-state index contributed by atoms with van der Waals surface area (Å²) in [4.78, 5) is 17.6. The Hall–Kier alpha value is -3.91. The molecule has 2 heterocycles. The van der Waals surface area contributed by atoms with Crippen LogP contribution >= 0.6 is 0 Å². The molecule has 0 atom stereocenters. The maximum Gasteiger partial charge on any atom is 0.408 e. The molecule has 5 rings (SSSR count). The molecule has 0 aliphatic heterocycles. The molecule has 0 bridgehead atoms. The van der Waals surface area contributed by atoms with Crippen molar-refractivity contribution in [2.75, 3.05) is 20.3 Å². The lowest BCUT2D eigenvalue weighted by molar-refractivity contribution is 0.0377. The van der Waals surface area contributed by atoms with Gasteiger partial charge in [0.15, 0.2) is 11.4 Å². The molecule has 0 radical (unpaired) electrons. The molecule has 1 saturated carbocycles. The Morgan fingerprint density at radius 1 is 1.00 bits per heavy atom. The van der Waals surface area contributed by atoms with Gasteiger partial charge in [-0.1, -0.05) is 54.6 Å². The van der Waals surface area contributed by atoms with E-state index in [-0.39, 0.29) is 6.09 Å². The molecule has 4 aromatic rings. The van der Waals surface area contributed by atoms with E-state index in [1.807, 2.05) is 49.6 Å². The Kier molecular flexibility index (Phi) is 7.08. The van der Waals surface area contributed by atoms with Gasteiger partial charge in [0.2, 0.25) is 0 Å². The molecule has 1 amide bonds. The minimum absolute atomic E-state index is 0.389. The molecule has 0 spiro atoms. The molecule has 8 nitrogen and oxygen atoms in total. The number of hydrogen-bond acceptors (Lipinski definition) is 6. The second kappa shape index (κ2) is 10.5. The van der Waals surface area contributed by atoms with Crippen molar-refractivity contribution >= 4 is 11.7 Å². The van der Waals surface area contributed by atoms with Crippen LogP contribution < -0.4 is 10.1 Å². The van der Waals surface area contributed by atoms with Crippen LogP contribution in [0.3, 0.4) is 0 Å². The lowest BCUT2D eigenvalue weighted by Crippen LogP contribution is -2.52. The first kappa shape index (κ1) is 25.7. The van der Waals surface area contributed by atoms with Crippen molar-refractivity contribution in [2.45, 2.75) is 51.2 Å². The van der Waals surface area contributed by atoms with Crippen molar-refractivity contribution in [3.8, 4) is 28.3 Å². The van der Waals surface area contributed by atoms with Crippen LogP contribution in [0.5, 0.6) is 5.75 Å². The molecule has 0 saturated heterocycles. The van der Waals surface area contributed by atoms with Gasteiger partial charge < -0.3 is 19.5 Å². The van der Waals surface area contributed by atoms with E-state index in [1.165, 1.54) is 0 Å². The van der Waals surface area contributed by atoms with Crippen molar-refractivity contribution in [1.82, 2.24) is 19.9 Å². The number of carbonyl (C=O) groups is 1. The van der Waals surface area contributed by atoms with Gasteiger partial charge in [0.1, 0.15) is 17.9 Å². The zero-order chi connectivity index (χ0) is 26.8. The summed E-state index contributed by atoms with van der Waals surface area (Å²) < 4.78 is 18.5. The number of carbonyl (C=O) groups excluding carboxylic acids is 1.